The maximum atomic E-state index is 12.8. The summed E-state index contributed by atoms with van der Waals surface area (Å²) in [5.41, 5.74) is 1.07. The van der Waals surface area contributed by atoms with Crippen molar-refractivity contribution in [2.45, 2.75) is 39.3 Å². The molecule has 32 heavy (non-hydrogen) atoms. The van der Waals surface area contributed by atoms with Gasteiger partial charge in [-0.3, -0.25) is 9.59 Å². The third-order valence-electron chi connectivity index (χ3n) is 5.47. The summed E-state index contributed by atoms with van der Waals surface area (Å²) in [7, 11) is 0. The van der Waals surface area contributed by atoms with Crippen molar-refractivity contribution < 1.29 is 27.5 Å². The number of benzene rings is 2. The van der Waals surface area contributed by atoms with E-state index >= 15 is 0 Å². The van der Waals surface area contributed by atoms with Crippen LogP contribution in [0, 0.1) is 12.8 Å². The van der Waals surface area contributed by atoms with Gasteiger partial charge in [0.15, 0.2) is 0 Å². The number of piperidine rings is 1. The number of likely N-dealkylation sites (tertiary alicyclic amines) is 1. The molecule has 0 aliphatic carbocycles. The maximum absolute atomic E-state index is 12.8. The highest BCUT2D eigenvalue weighted by atomic mass is 19.4. The zero-order chi connectivity index (χ0) is 23.3. The van der Waals surface area contributed by atoms with E-state index in [1.165, 1.54) is 12.1 Å². The van der Waals surface area contributed by atoms with Crippen LogP contribution in [-0.2, 0) is 11.0 Å². The molecule has 0 atom stereocenters. The van der Waals surface area contributed by atoms with Crippen molar-refractivity contribution in [2.75, 3.05) is 25.0 Å². The van der Waals surface area contributed by atoms with Crippen molar-refractivity contribution in [3.05, 3.63) is 59.2 Å². The fraction of sp³-hybridized carbons (Fsp3) is 0.417. The molecule has 1 N–H and O–H groups in total. The number of hydrogen-bond acceptors (Lipinski definition) is 3. The summed E-state index contributed by atoms with van der Waals surface area (Å²) in [5, 5.41) is 2.94. The molecule has 1 aliphatic rings. The molecule has 2 amide bonds. The summed E-state index contributed by atoms with van der Waals surface area (Å²) >= 11 is 0. The van der Waals surface area contributed by atoms with Gasteiger partial charge in [-0.1, -0.05) is 13.0 Å². The molecule has 2 aromatic carbocycles. The third-order valence-corrected chi connectivity index (χ3v) is 5.47. The lowest BCUT2D eigenvalue weighted by atomic mass is 9.95. The predicted molar refractivity (Wildman–Crippen MR) is 116 cm³/mol. The number of aryl methyl sites for hydroxylation is 1. The van der Waals surface area contributed by atoms with Crippen molar-refractivity contribution in [3.8, 4) is 5.75 Å². The van der Waals surface area contributed by atoms with Crippen LogP contribution in [0.3, 0.4) is 0 Å². The van der Waals surface area contributed by atoms with Gasteiger partial charge in [-0.05, 0) is 68.1 Å². The Hall–Kier alpha value is -3.03. The van der Waals surface area contributed by atoms with Crippen molar-refractivity contribution in [1.82, 2.24) is 4.90 Å². The highest BCUT2D eigenvalue weighted by Crippen LogP contribution is 2.30. The first-order valence-corrected chi connectivity index (χ1v) is 10.7. The zero-order valence-electron chi connectivity index (χ0n) is 18.2. The van der Waals surface area contributed by atoms with Gasteiger partial charge in [0.25, 0.3) is 5.91 Å². The number of carbonyl (C=O) groups is 2. The number of ether oxygens (including phenoxy) is 1. The van der Waals surface area contributed by atoms with Gasteiger partial charge < -0.3 is 15.0 Å². The van der Waals surface area contributed by atoms with Crippen molar-refractivity contribution in [1.29, 1.82) is 0 Å². The van der Waals surface area contributed by atoms with Gasteiger partial charge in [0, 0.05) is 24.6 Å². The molecule has 1 saturated heterocycles. The van der Waals surface area contributed by atoms with E-state index < -0.39 is 11.7 Å². The minimum Gasteiger partial charge on any atom is -0.491 e. The molecule has 5 nitrogen and oxygen atoms in total. The smallest absolute Gasteiger partial charge is 0.416 e. The largest absolute Gasteiger partial charge is 0.491 e. The monoisotopic (exact) mass is 448 g/mol. The first-order valence-electron chi connectivity index (χ1n) is 10.7. The average molecular weight is 448 g/mol. The first-order chi connectivity index (χ1) is 15.2. The number of amides is 2. The number of halogens is 3. The maximum Gasteiger partial charge on any atom is 0.416 e. The van der Waals surface area contributed by atoms with Crippen LogP contribution in [-0.4, -0.2) is 36.4 Å². The SMILES string of the molecule is CCCOc1cc(C)ccc1NC(=O)C1CCN(C(=O)c2ccc(C(F)(F)F)cc2)CC1. The molecule has 8 heteroatoms. The van der Waals surface area contributed by atoms with Gasteiger partial charge in [0.1, 0.15) is 5.75 Å². The second-order valence-electron chi connectivity index (χ2n) is 7.98. The molecular weight excluding hydrogens is 421 g/mol. The molecule has 3 rings (SSSR count). The summed E-state index contributed by atoms with van der Waals surface area (Å²) in [4.78, 5) is 27.0. The molecular formula is C24H27F3N2O3. The summed E-state index contributed by atoms with van der Waals surface area (Å²) in [6.45, 7) is 5.24. The first kappa shape index (κ1) is 23.6. The Labute approximate surface area is 185 Å². The van der Waals surface area contributed by atoms with E-state index in [1.54, 1.807) is 4.90 Å². The number of rotatable bonds is 6. The molecule has 1 fully saturated rings. The van der Waals surface area contributed by atoms with E-state index in [1.807, 2.05) is 32.0 Å². The molecule has 2 aromatic rings. The zero-order valence-corrected chi connectivity index (χ0v) is 18.2. The topological polar surface area (TPSA) is 58.6 Å². The number of alkyl halides is 3. The summed E-state index contributed by atoms with van der Waals surface area (Å²) < 4.78 is 43.9. The molecule has 0 aromatic heterocycles. The Morgan fingerprint density at radius 1 is 1.09 bits per heavy atom. The molecule has 0 saturated carbocycles. The quantitative estimate of drug-likeness (QED) is 0.653. The molecule has 0 spiro atoms. The summed E-state index contributed by atoms with van der Waals surface area (Å²) in [5.74, 6) is -0.0784. The van der Waals surface area contributed by atoms with Crippen LogP contribution in [0.4, 0.5) is 18.9 Å². The molecule has 0 unspecified atom stereocenters. The van der Waals surface area contributed by atoms with Crippen LogP contribution in [0.2, 0.25) is 0 Å². The lowest BCUT2D eigenvalue weighted by Gasteiger charge is -2.31. The van der Waals surface area contributed by atoms with E-state index in [2.05, 4.69) is 5.32 Å². The summed E-state index contributed by atoms with van der Waals surface area (Å²) in [6.07, 6.45) is -2.62. The van der Waals surface area contributed by atoms with Gasteiger partial charge in [0.05, 0.1) is 17.9 Å². The van der Waals surface area contributed by atoms with Gasteiger partial charge in [0.2, 0.25) is 5.91 Å². The molecule has 0 radical (unpaired) electrons. The third kappa shape index (κ3) is 5.81. The summed E-state index contributed by atoms with van der Waals surface area (Å²) in [6, 6.07) is 9.82. The number of carbonyl (C=O) groups excluding carboxylic acids is 2. The Morgan fingerprint density at radius 2 is 1.75 bits per heavy atom. The van der Waals surface area contributed by atoms with Crippen molar-refractivity contribution in [2.24, 2.45) is 5.92 Å². The van der Waals surface area contributed by atoms with Crippen molar-refractivity contribution >= 4 is 17.5 Å². The fourth-order valence-electron chi connectivity index (χ4n) is 3.63. The number of nitrogens with zero attached hydrogens (tertiary/aromatic N) is 1. The van der Waals surface area contributed by atoms with Gasteiger partial charge in [-0.25, -0.2) is 0 Å². The fourth-order valence-corrected chi connectivity index (χ4v) is 3.63. The normalized spacial score (nSPS) is 14.8. The minimum atomic E-state index is -4.44. The Morgan fingerprint density at radius 3 is 2.34 bits per heavy atom. The predicted octanol–water partition coefficient (Wildman–Crippen LogP) is 5.29. The number of anilines is 1. The van der Waals surface area contributed by atoms with Gasteiger partial charge >= 0.3 is 6.18 Å². The van der Waals surface area contributed by atoms with E-state index in [4.69, 9.17) is 4.74 Å². The lowest BCUT2D eigenvalue weighted by Crippen LogP contribution is -2.41. The van der Waals surface area contributed by atoms with E-state index in [9.17, 15) is 22.8 Å². The second kappa shape index (κ2) is 10.1. The average Bonchev–Trinajstić information content (AvgIpc) is 2.78. The molecule has 172 valence electrons. The molecule has 1 heterocycles. The van der Waals surface area contributed by atoms with Crippen LogP contribution in [0.1, 0.15) is 47.7 Å². The van der Waals surface area contributed by atoms with E-state index in [-0.39, 0.29) is 23.3 Å². The lowest BCUT2D eigenvalue weighted by molar-refractivity contribution is -0.137. The van der Waals surface area contributed by atoms with Gasteiger partial charge in [-0.2, -0.15) is 13.2 Å². The Balaban J connectivity index is 1.57. The van der Waals surface area contributed by atoms with E-state index in [0.717, 1.165) is 24.1 Å². The van der Waals surface area contributed by atoms with E-state index in [0.29, 0.717) is 44.0 Å². The Bertz CT molecular complexity index is 950. The van der Waals surface area contributed by atoms with Crippen molar-refractivity contribution in [3.63, 3.8) is 0 Å². The van der Waals surface area contributed by atoms with Crippen LogP contribution in [0.15, 0.2) is 42.5 Å². The standard InChI is InChI=1S/C24H27F3N2O3/c1-3-14-32-21-15-16(2)4-9-20(21)28-22(30)17-10-12-29(13-11-17)23(31)18-5-7-19(8-6-18)24(25,26)27/h4-9,15,17H,3,10-14H2,1-2H3,(H,28,30). The highest BCUT2D eigenvalue weighted by molar-refractivity contribution is 5.96. The van der Waals surface area contributed by atoms with Crippen LogP contribution in [0.5, 0.6) is 5.75 Å². The molecule has 1 aliphatic heterocycles. The minimum absolute atomic E-state index is 0.128. The Kier molecular flexibility index (Phi) is 7.43. The highest BCUT2D eigenvalue weighted by Gasteiger charge is 2.31. The van der Waals surface area contributed by atoms with Crippen LogP contribution < -0.4 is 10.1 Å². The second-order valence-corrected chi connectivity index (χ2v) is 7.98. The van der Waals surface area contributed by atoms with Crippen LogP contribution >= 0.6 is 0 Å². The van der Waals surface area contributed by atoms with Crippen LogP contribution in [0.25, 0.3) is 0 Å². The molecule has 0 bridgehead atoms. The van der Waals surface area contributed by atoms with Gasteiger partial charge in [-0.15, -0.1) is 0 Å². The number of hydrogen-bond donors (Lipinski definition) is 1. The number of nitrogens with one attached hydrogen (secondary N) is 1.